The van der Waals surface area contributed by atoms with Gasteiger partial charge in [-0.25, -0.2) is 14.3 Å². The summed E-state index contributed by atoms with van der Waals surface area (Å²) in [5.74, 6) is -3.43. The van der Waals surface area contributed by atoms with Crippen molar-refractivity contribution >= 4 is 5.91 Å². The number of pyridine rings is 1. The molecule has 0 radical (unpaired) electrons. The molecule has 0 aliphatic carbocycles. The number of hydroxylamine groups is 1. The average Bonchev–Trinajstić information content (AvgIpc) is 3.12. The monoisotopic (exact) mass is 400 g/mol. The summed E-state index contributed by atoms with van der Waals surface area (Å²) in [6.45, 7) is -0.508. The molecule has 0 unspecified atom stereocenters. The van der Waals surface area contributed by atoms with Gasteiger partial charge in [0, 0.05) is 17.3 Å². The van der Waals surface area contributed by atoms with Gasteiger partial charge in [0.15, 0.2) is 0 Å². The summed E-state index contributed by atoms with van der Waals surface area (Å²) in [5.41, 5.74) is -0.656. The lowest BCUT2D eigenvalue weighted by atomic mass is 10.1. The Kier molecular flexibility index (Phi) is 5.00. The third kappa shape index (κ3) is 3.93. The van der Waals surface area contributed by atoms with Crippen molar-refractivity contribution in [2.24, 2.45) is 0 Å². The highest BCUT2D eigenvalue weighted by Crippen LogP contribution is 2.29. The molecule has 13 heteroatoms. The highest BCUT2D eigenvalue weighted by molar-refractivity contribution is 5.93. The molecular weight excluding hydrogens is 391 g/mol. The number of nitrogens with zero attached hydrogens (tertiary/aromatic N) is 5. The summed E-state index contributed by atoms with van der Waals surface area (Å²) >= 11 is 0. The first-order valence-electron chi connectivity index (χ1n) is 7.43. The van der Waals surface area contributed by atoms with Gasteiger partial charge in [-0.15, -0.1) is 10.2 Å². The molecular formula is C15H9F5N6O2. The molecule has 3 aromatic rings. The minimum absolute atomic E-state index is 0.0184. The zero-order valence-electron chi connectivity index (χ0n) is 13.6. The molecule has 3 rings (SSSR count). The van der Waals surface area contributed by atoms with Crippen molar-refractivity contribution in [3.05, 3.63) is 58.8 Å². The Morgan fingerprint density at radius 2 is 1.86 bits per heavy atom. The first-order valence-corrected chi connectivity index (χ1v) is 7.43. The van der Waals surface area contributed by atoms with Crippen LogP contribution in [0.5, 0.6) is 0 Å². The Balaban J connectivity index is 1.83. The van der Waals surface area contributed by atoms with Gasteiger partial charge in [0.2, 0.25) is 5.82 Å². The Morgan fingerprint density at radius 1 is 1.18 bits per heavy atom. The average molecular weight is 400 g/mol. The topological polar surface area (TPSA) is 106 Å². The van der Waals surface area contributed by atoms with Gasteiger partial charge in [0.25, 0.3) is 5.91 Å². The number of nitrogens with one attached hydrogen (secondary N) is 1. The molecule has 0 atom stereocenters. The molecule has 8 nitrogen and oxygen atoms in total. The molecule has 0 aliphatic heterocycles. The van der Waals surface area contributed by atoms with E-state index in [1.165, 1.54) is 5.48 Å². The second-order valence-corrected chi connectivity index (χ2v) is 5.43. The van der Waals surface area contributed by atoms with E-state index in [-0.39, 0.29) is 11.5 Å². The molecule has 0 saturated heterocycles. The van der Waals surface area contributed by atoms with Crippen LogP contribution in [0.15, 0.2) is 30.5 Å². The Morgan fingerprint density at radius 3 is 2.39 bits per heavy atom. The first kappa shape index (κ1) is 19.3. The van der Waals surface area contributed by atoms with Crippen molar-refractivity contribution in [3.63, 3.8) is 0 Å². The number of carbonyl (C=O) groups excluding carboxylic acids is 1. The summed E-state index contributed by atoms with van der Waals surface area (Å²) in [7, 11) is 0. The first-order chi connectivity index (χ1) is 13.2. The number of tetrazole rings is 1. The van der Waals surface area contributed by atoms with Gasteiger partial charge in [-0.05, 0) is 29.5 Å². The number of carbonyl (C=O) groups is 1. The van der Waals surface area contributed by atoms with Crippen LogP contribution in [0.3, 0.4) is 0 Å². The van der Waals surface area contributed by atoms with Crippen molar-refractivity contribution in [2.45, 2.75) is 12.7 Å². The Bertz CT molecular complexity index is 996. The fourth-order valence-electron chi connectivity index (χ4n) is 2.20. The van der Waals surface area contributed by atoms with E-state index in [0.29, 0.717) is 18.3 Å². The standard InChI is InChI=1S/C15H9F5N6O2/c16-10-3-7(14(27)24-28)4-11(17)9(10)6-26-23-13(22-25-26)12-2-1-8(5-21-12)15(18,19)20/h1-5,28H,6H2,(H,24,27). The number of aromatic nitrogens is 5. The van der Waals surface area contributed by atoms with E-state index in [0.717, 1.165) is 16.9 Å². The summed E-state index contributed by atoms with van der Waals surface area (Å²) in [6.07, 6.45) is -3.95. The summed E-state index contributed by atoms with van der Waals surface area (Å²) < 4.78 is 65.8. The van der Waals surface area contributed by atoms with E-state index in [4.69, 9.17) is 5.21 Å². The Labute approximate surface area is 152 Å². The third-order valence-corrected chi connectivity index (χ3v) is 3.58. The van der Waals surface area contributed by atoms with E-state index in [2.05, 4.69) is 20.4 Å². The number of hydrogen-bond donors (Lipinski definition) is 2. The Hall–Kier alpha value is -3.48. The van der Waals surface area contributed by atoms with E-state index in [1.54, 1.807) is 0 Å². The molecule has 0 aliphatic rings. The van der Waals surface area contributed by atoms with Crippen molar-refractivity contribution < 1.29 is 32.0 Å². The number of halogens is 5. The van der Waals surface area contributed by atoms with Gasteiger partial charge in [0.1, 0.15) is 17.3 Å². The van der Waals surface area contributed by atoms with Crippen LogP contribution in [-0.2, 0) is 12.7 Å². The van der Waals surface area contributed by atoms with Gasteiger partial charge >= 0.3 is 6.18 Å². The normalized spacial score (nSPS) is 11.5. The zero-order valence-corrected chi connectivity index (χ0v) is 13.6. The highest BCUT2D eigenvalue weighted by Gasteiger charge is 2.30. The maximum absolute atomic E-state index is 14.1. The predicted molar refractivity (Wildman–Crippen MR) is 80.8 cm³/mol. The molecule has 0 fully saturated rings. The molecule has 146 valence electrons. The maximum Gasteiger partial charge on any atom is 0.417 e. The maximum atomic E-state index is 14.1. The smallest absolute Gasteiger partial charge is 0.288 e. The van der Waals surface area contributed by atoms with Crippen molar-refractivity contribution in [3.8, 4) is 11.5 Å². The lowest BCUT2D eigenvalue weighted by molar-refractivity contribution is -0.137. The number of hydrogen-bond acceptors (Lipinski definition) is 6. The van der Waals surface area contributed by atoms with Crippen LogP contribution in [0.25, 0.3) is 11.5 Å². The quantitative estimate of drug-likeness (QED) is 0.395. The number of rotatable bonds is 4. The largest absolute Gasteiger partial charge is 0.417 e. The number of alkyl halides is 3. The van der Waals surface area contributed by atoms with E-state index >= 15 is 0 Å². The SMILES string of the molecule is O=C(NO)c1cc(F)c(Cn2nnc(-c3ccc(C(F)(F)F)cn3)n2)c(F)c1. The van der Waals surface area contributed by atoms with E-state index in [9.17, 15) is 26.7 Å². The molecule has 0 bridgehead atoms. The van der Waals surface area contributed by atoms with Crippen LogP contribution >= 0.6 is 0 Å². The fourth-order valence-corrected chi connectivity index (χ4v) is 2.20. The van der Waals surface area contributed by atoms with Crippen molar-refractivity contribution in [2.75, 3.05) is 0 Å². The fraction of sp³-hybridized carbons (Fsp3) is 0.133. The van der Waals surface area contributed by atoms with Crippen molar-refractivity contribution in [1.29, 1.82) is 0 Å². The molecule has 0 saturated carbocycles. The van der Waals surface area contributed by atoms with Gasteiger partial charge < -0.3 is 0 Å². The van der Waals surface area contributed by atoms with Gasteiger partial charge in [-0.3, -0.25) is 15.0 Å². The van der Waals surface area contributed by atoms with E-state index in [1.807, 2.05) is 0 Å². The molecule has 28 heavy (non-hydrogen) atoms. The van der Waals surface area contributed by atoms with Crippen LogP contribution in [0.2, 0.25) is 0 Å². The summed E-state index contributed by atoms with van der Waals surface area (Å²) in [5, 5.41) is 19.5. The van der Waals surface area contributed by atoms with Gasteiger partial charge in [0.05, 0.1) is 12.1 Å². The van der Waals surface area contributed by atoms with Crippen LogP contribution in [0, 0.1) is 11.6 Å². The van der Waals surface area contributed by atoms with Crippen LogP contribution in [-0.4, -0.2) is 36.3 Å². The zero-order chi connectivity index (χ0) is 20.5. The lowest BCUT2D eigenvalue weighted by Gasteiger charge is -2.06. The van der Waals surface area contributed by atoms with Crippen LogP contribution < -0.4 is 5.48 Å². The molecule has 0 spiro atoms. The van der Waals surface area contributed by atoms with Crippen LogP contribution in [0.1, 0.15) is 21.5 Å². The predicted octanol–water partition coefficient (Wildman–Crippen LogP) is 2.20. The molecule has 2 N–H and O–H groups in total. The van der Waals surface area contributed by atoms with E-state index < -0.39 is 47.0 Å². The molecule has 1 amide bonds. The van der Waals surface area contributed by atoms with Gasteiger partial charge in [-0.2, -0.15) is 18.0 Å². The minimum Gasteiger partial charge on any atom is -0.288 e. The molecule has 2 aromatic heterocycles. The minimum atomic E-state index is -4.55. The molecule has 1 aromatic carbocycles. The van der Waals surface area contributed by atoms with Crippen molar-refractivity contribution in [1.82, 2.24) is 30.7 Å². The second kappa shape index (κ2) is 7.26. The third-order valence-electron chi connectivity index (χ3n) is 3.58. The summed E-state index contributed by atoms with van der Waals surface area (Å²) in [6, 6.07) is 3.24. The summed E-state index contributed by atoms with van der Waals surface area (Å²) in [4.78, 5) is 15.6. The number of benzene rings is 1. The second-order valence-electron chi connectivity index (χ2n) is 5.43. The lowest BCUT2D eigenvalue weighted by Crippen LogP contribution is -2.19. The van der Waals surface area contributed by atoms with Gasteiger partial charge in [-0.1, -0.05) is 0 Å². The van der Waals surface area contributed by atoms with Crippen LogP contribution in [0.4, 0.5) is 22.0 Å². The highest BCUT2D eigenvalue weighted by atomic mass is 19.4. The molecule has 2 heterocycles. The number of amides is 1.